The predicted octanol–water partition coefficient (Wildman–Crippen LogP) is 3.33. The third kappa shape index (κ3) is 2.83. The summed E-state index contributed by atoms with van der Waals surface area (Å²) >= 11 is 13.6. The summed E-state index contributed by atoms with van der Waals surface area (Å²) in [5.74, 6) is 1.21. The summed E-state index contributed by atoms with van der Waals surface area (Å²) in [5, 5.41) is 1.15. The van der Waals surface area contributed by atoms with Crippen molar-refractivity contribution in [3.8, 4) is 11.3 Å². The number of aromatic nitrogens is 1. The molecule has 3 aromatic rings. The van der Waals surface area contributed by atoms with Gasteiger partial charge in [-0.25, -0.2) is 0 Å². The van der Waals surface area contributed by atoms with Gasteiger partial charge in [-0.05, 0) is 36.8 Å². The van der Waals surface area contributed by atoms with E-state index in [1.165, 1.54) is 11.3 Å². The standard InChI is InChI=1S/C17H12Cl2N2O2S/c18-10-2-4-13(19)12(8-10)14-5-3-11(23-14)9-15-16(22)21-7-1-6-20-17(21)24-15/h2-5,8-9H,1,6-7H2. The lowest BCUT2D eigenvalue weighted by molar-refractivity contribution is 0.568. The second kappa shape index (κ2) is 6.24. The highest BCUT2D eigenvalue weighted by Gasteiger charge is 2.11. The fourth-order valence-corrected chi connectivity index (χ4v) is 4.01. The molecule has 1 aromatic carbocycles. The first-order chi connectivity index (χ1) is 11.6. The van der Waals surface area contributed by atoms with Crippen LogP contribution < -0.4 is 14.9 Å². The number of rotatable bonds is 2. The average Bonchev–Trinajstić information content (AvgIpc) is 3.16. The number of halogens is 2. The van der Waals surface area contributed by atoms with E-state index in [0.29, 0.717) is 26.1 Å². The van der Waals surface area contributed by atoms with Gasteiger partial charge in [-0.15, -0.1) is 0 Å². The van der Waals surface area contributed by atoms with Crippen molar-refractivity contribution < 1.29 is 4.42 Å². The maximum absolute atomic E-state index is 12.4. The van der Waals surface area contributed by atoms with Crippen molar-refractivity contribution in [2.75, 3.05) is 6.54 Å². The Labute approximate surface area is 151 Å². The quantitative estimate of drug-likeness (QED) is 0.686. The fraction of sp³-hybridized carbons (Fsp3) is 0.176. The van der Waals surface area contributed by atoms with Gasteiger partial charge < -0.3 is 4.42 Å². The molecule has 0 spiro atoms. The molecule has 24 heavy (non-hydrogen) atoms. The Hall–Kier alpha value is -1.82. The zero-order valence-electron chi connectivity index (χ0n) is 12.5. The van der Waals surface area contributed by atoms with Crippen molar-refractivity contribution >= 4 is 40.6 Å². The van der Waals surface area contributed by atoms with Crippen LogP contribution in [0.1, 0.15) is 12.2 Å². The lowest BCUT2D eigenvalue weighted by atomic mass is 10.2. The van der Waals surface area contributed by atoms with Gasteiger partial charge in [-0.3, -0.25) is 14.4 Å². The molecule has 0 atom stereocenters. The molecule has 122 valence electrons. The van der Waals surface area contributed by atoms with Gasteiger partial charge in [0.15, 0.2) is 4.80 Å². The fourth-order valence-electron chi connectivity index (χ4n) is 2.62. The Morgan fingerprint density at radius 2 is 2.12 bits per heavy atom. The number of thiazole rings is 1. The van der Waals surface area contributed by atoms with E-state index in [4.69, 9.17) is 27.6 Å². The van der Waals surface area contributed by atoms with E-state index in [0.717, 1.165) is 29.9 Å². The summed E-state index contributed by atoms with van der Waals surface area (Å²) in [6.45, 7) is 1.50. The van der Waals surface area contributed by atoms with E-state index >= 15 is 0 Å². The molecule has 4 rings (SSSR count). The van der Waals surface area contributed by atoms with Crippen molar-refractivity contribution in [2.24, 2.45) is 4.99 Å². The predicted molar refractivity (Wildman–Crippen MR) is 96.6 cm³/mol. The molecule has 3 heterocycles. The zero-order valence-corrected chi connectivity index (χ0v) is 14.8. The second-order valence-electron chi connectivity index (χ2n) is 5.41. The van der Waals surface area contributed by atoms with Crippen LogP contribution in [-0.4, -0.2) is 11.1 Å². The van der Waals surface area contributed by atoms with Gasteiger partial charge in [0.25, 0.3) is 5.56 Å². The molecule has 1 aliphatic heterocycles. The van der Waals surface area contributed by atoms with Gasteiger partial charge in [0.1, 0.15) is 11.5 Å². The second-order valence-corrected chi connectivity index (χ2v) is 7.26. The topological polar surface area (TPSA) is 47.5 Å². The molecule has 0 saturated carbocycles. The zero-order chi connectivity index (χ0) is 16.7. The van der Waals surface area contributed by atoms with Crippen LogP contribution in [0.3, 0.4) is 0 Å². The van der Waals surface area contributed by atoms with E-state index in [1.54, 1.807) is 28.8 Å². The first-order valence-corrected chi connectivity index (χ1v) is 9.00. The van der Waals surface area contributed by atoms with Crippen LogP contribution in [0.2, 0.25) is 10.0 Å². The van der Waals surface area contributed by atoms with Gasteiger partial charge in [-0.1, -0.05) is 34.5 Å². The molecule has 0 saturated heterocycles. The van der Waals surface area contributed by atoms with Crippen LogP contribution in [0.5, 0.6) is 0 Å². The van der Waals surface area contributed by atoms with E-state index in [1.807, 2.05) is 12.1 Å². The van der Waals surface area contributed by atoms with Gasteiger partial charge in [0, 0.05) is 29.8 Å². The van der Waals surface area contributed by atoms with E-state index in [-0.39, 0.29) is 5.56 Å². The van der Waals surface area contributed by atoms with Gasteiger partial charge in [0.2, 0.25) is 0 Å². The van der Waals surface area contributed by atoms with E-state index in [2.05, 4.69) is 4.99 Å². The highest BCUT2D eigenvalue weighted by atomic mass is 35.5. The highest BCUT2D eigenvalue weighted by molar-refractivity contribution is 7.07. The van der Waals surface area contributed by atoms with Crippen LogP contribution in [0.25, 0.3) is 17.4 Å². The van der Waals surface area contributed by atoms with Gasteiger partial charge in [-0.2, -0.15) is 0 Å². The average molecular weight is 379 g/mol. The lowest BCUT2D eigenvalue weighted by Crippen LogP contribution is -2.33. The van der Waals surface area contributed by atoms with Gasteiger partial charge in [0.05, 0.1) is 9.55 Å². The Balaban J connectivity index is 1.78. The van der Waals surface area contributed by atoms with Crippen molar-refractivity contribution in [3.05, 3.63) is 65.8 Å². The van der Waals surface area contributed by atoms with Crippen LogP contribution in [0, 0.1) is 0 Å². The molecule has 1 aliphatic rings. The molecule has 0 radical (unpaired) electrons. The molecule has 4 nitrogen and oxygen atoms in total. The summed E-state index contributed by atoms with van der Waals surface area (Å²) in [7, 11) is 0. The third-order valence-corrected chi connectivity index (χ3v) is 5.38. The summed E-state index contributed by atoms with van der Waals surface area (Å²) < 4.78 is 8.16. The Morgan fingerprint density at radius 3 is 2.96 bits per heavy atom. The first-order valence-electron chi connectivity index (χ1n) is 7.43. The summed E-state index contributed by atoms with van der Waals surface area (Å²) in [4.78, 5) is 17.6. The van der Waals surface area contributed by atoms with Crippen molar-refractivity contribution in [1.82, 2.24) is 4.57 Å². The third-order valence-electron chi connectivity index (χ3n) is 3.77. The molecule has 7 heteroatoms. The number of fused-ring (bicyclic) bond motifs is 1. The lowest BCUT2D eigenvalue weighted by Gasteiger charge is -2.03. The molecule has 0 bridgehead atoms. The molecule has 0 N–H and O–H groups in total. The normalized spacial score (nSPS) is 14.5. The van der Waals surface area contributed by atoms with E-state index < -0.39 is 0 Å². The Bertz CT molecular complexity index is 1090. The molecule has 0 amide bonds. The molecule has 0 fully saturated rings. The minimum atomic E-state index is -0.0165. The maximum atomic E-state index is 12.4. The number of hydrogen-bond donors (Lipinski definition) is 0. The van der Waals surface area contributed by atoms with Crippen LogP contribution >= 0.6 is 34.5 Å². The van der Waals surface area contributed by atoms with Crippen molar-refractivity contribution in [1.29, 1.82) is 0 Å². The number of benzene rings is 1. The number of nitrogens with zero attached hydrogens (tertiary/aromatic N) is 2. The molecule has 0 aliphatic carbocycles. The van der Waals surface area contributed by atoms with Crippen LogP contribution in [0.4, 0.5) is 0 Å². The number of hydrogen-bond acceptors (Lipinski definition) is 4. The minimum absolute atomic E-state index is 0.0165. The summed E-state index contributed by atoms with van der Waals surface area (Å²) in [6.07, 6.45) is 2.65. The smallest absolute Gasteiger partial charge is 0.270 e. The summed E-state index contributed by atoms with van der Waals surface area (Å²) in [6, 6.07) is 8.84. The number of furan rings is 1. The minimum Gasteiger partial charge on any atom is -0.457 e. The van der Waals surface area contributed by atoms with E-state index in [9.17, 15) is 4.79 Å². The van der Waals surface area contributed by atoms with Crippen molar-refractivity contribution in [3.63, 3.8) is 0 Å². The Kier molecular flexibility index (Phi) is 4.08. The summed E-state index contributed by atoms with van der Waals surface area (Å²) in [5.41, 5.74) is 0.707. The molecular weight excluding hydrogens is 367 g/mol. The monoisotopic (exact) mass is 378 g/mol. The largest absolute Gasteiger partial charge is 0.457 e. The molecular formula is C17H12Cl2N2O2S. The SMILES string of the molecule is O=c1c(=Cc2ccc(-c3cc(Cl)ccc3Cl)o2)sc2n1CCCN=2. The van der Waals surface area contributed by atoms with Gasteiger partial charge >= 0.3 is 0 Å². The van der Waals surface area contributed by atoms with Crippen LogP contribution in [0.15, 0.2) is 44.5 Å². The Morgan fingerprint density at radius 1 is 1.25 bits per heavy atom. The molecule has 2 aromatic heterocycles. The molecule has 0 unspecified atom stereocenters. The highest BCUT2D eigenvalue weighted by Crippen LogP contribution is 2.31. The van der Waals surface area contributed by atoms with Crippen molar-refractivity contribution in [2.45, 2.75) is 13.0 Å². The first kappa shape index (κ1) is 15.7. The maximum Gasteiger partial charge on any atom is 0.270 e. The van der Waals surface area contributed by atoms with Crippen LogP contribution in [-0.2, 0) is 6.54 Å².